The normalized spacial score (nSPS) is 11.1. The van der Waals surface area contributed by atoms with Gasteiger partial charge < -0.3 is 4.74 Å². The maximum atomic E-state index is 12.3. The number of H-pyrrole nitrogens is 1. The van der Waals surface area contributed by atoms with Gasteiger partial charge in [-0.15, -0.1) is 0 Å². The van der Waals surface area contributed by atoms with Crippen molar-refractivity contribution in [2.24, 2.45) is 5.10 Å². The van der Waals surface area contributed by atoms with Gasteiger partial charge in [-0.1, -0.05) is 18.2 Å². The highest BCUT2D eigenvalue weighted by atomic mass is 32.1. The van der Waals surface area contributed by atoms with Crippen LogP contribution in [0.5, 0.6) is 5.75 Å². The van der Waals surface area contributed by atoms with E-state index in [1.807, 2.05) is 60.8 Å². The second-order valence-corrected chi connectivity index (χ2v) is 6.80. The average molecular weight is 418 g/mol. The molecule has 0 saturated heterocycles. The number of benzene rings is 2. The van der Waals surface area contributed by atoms with Gasteiger partial charge in [-0.25, -0.2) is 4.68 Å². The number of para-hydroxylation sites is 1. The van der Waals surface area contributed by atoms with Gasteiger partial charge in [0.15, 0.2) is 0 Å². The predicted molar refractivity (Wildman–Crippen MR) is 117 cm³/mol. The van der Waals surface area contributed by atoms with E-state index in [-0.39, 0.29) is 16.0 Å². The van der Waals surface area contributed by atoms with Gasteiger partial charge in [-0.05, 0) is 55.5 Å². The zero-order chi connectivity index (χ0) is 21.1. The zero-order valence-corrected chi connectivity index (χ0v) is 17.1. The Morgan fingerprint density at radius 3 is 2.57 bits per heavy atom. The number of hydrogen-bond acceptors (Lipinski definition) is 6. The van der Waals surface area contributed by atoms with Crippen LogP contribution in [0.15, 0.2) is 70.7 Å². The third-order valence-electron chi connectivity index (χ3n) is 4.45. The van der Waals surface area contributed by atoms with Crippen LogP contribution in [0.25, 0.3) is 16.9 Å². The average Bonchev–Trinajstić information content (AvgIpc) is 3.21. The monoisotopic (exact) mass is 418 g/mol. The fourth-order valence-corrected chi connectivity index (χ4v) is 3.04. The third-order valence-corrected chi connectivity index (χ3v) is 4.72. The molecular weight excluding hydrogens is 400 g/mol. The molecule has 8 nitrogen and oxygen atoms in total. The summed E-state index contributed by atoms with van der Waals surface area (Å²) in [6, 6.07) is 17.3. The standard InChI is InChI=1S/C21H18N6O2S/c1-14-20(28)27(21(30)24-23-14)22-12-16-13-26(17-6-4-3-5-7-17)25-19(16)15-8-10-18(29-2)11-9-15/h3-13H,1-2H3,(H,24,30)/b22-12+. The van der Waals surface area contributed by atoms with E-state index in [2.05, 4.69) is 15.3 Å². The maximum Gasteiger partial charge on any atom is 0.296 e. The SMILES string of the molecule is COc1ccc(-c2nn(-c3ccccc3)cc2/C=N/n2c(=S)[nH]nc(C)c2=O)cc1. The number of aromatic nitrogens is 5. The quantitative estimate of drug-likeness (QED) is 0.397. The second kappa shape index (κ2) is 8.26. The summed E-state index contributed by atoms with van der Waals surface area (Å²) in [7, 11) is 1.62. The third kappa shape index (κ3) is 3.83. The Bertz CT molecular complexity index is 1320. The summed E-state index contributed by atoms with van der Waals surface area (Å²) < 4.78 is 8.23. The van der Waals surface area contributed by atoms with Crippen molar-refractivity contribution in [1.29, 1.82) is 0 Å². The number of nitrogens with one attached hydrogen (secondary N) is 1. The first-order valence-corrected chi connectivity index (χ1v) is 9.50. The Hall–Kier alpha value is -3.85. The highest BCUT2D eigenvalue weighted by Gasteiger charge is 2.12. The number of aromatic amines is 1. The summed E-state index contributed by atoms with van der Waals surface area (Å²) >= 11 is 5.15. The molecule has 0 radical (unpaired) electrons. The first-order valence-electron chi connectivity index (χ1n) is 9.09. The van der Waals surface area contributed by atoms with Crippen molar-refractivity contribution in [2.45, 2.75) is 6.92 Å². The lowest BCUT2D eigenvalue weighted by atomic mass is 10.1. The molecule has 4 rings (SSSR count). The van der Waals surface area contributed by atoms with Crippen LogP contribution in [0.3, 0.4) is 0 Å². The zero-order valence-electron chi connectivity index (χ0n) is 16.3. The molecule has 2 heterocycles. The van der Waals surface area contributed by atoms with Gasteiger partial charge in [0, 0.05) is 17.3 Å². The Morgan fingerprint density at radius 2 is 1.87 bits per heavy atom. The van der Waals surface area contributed by atoms with Crippen LogP contribution in [0.2, 0.25) is 0 Å². The van der Waals surface area contributed by atoms with Gasteiger partial charge in [0.1, 0.15) is 17.1 Å². The molecule has 0 fully saturated rings. The summed E-state index contributed by atoms with van der Waals surface area (Å²) in [5, 5.41) is 15.5. The number of nitrogens with zero attached hydrogens (tertiary/aromatic N) is 5. The van der Waals surface area contributed by atoms with Crippen LogP contribution in [-0.4, -0.2) is 38.0 Å². The maximum absolute atomic E-state index is 12.3. The van der Waals surface area contributed by atoms with Crippen molar-refractivity contribution in [1.82, 2.24) is 24.7 Å². The molecule has 2 aromatic heterocycles. The van der Waals surface area contributed by atoms with Crippen LogP contribution in [-0.2, 0) is 0 Å². The first kappa shape index (κ1) is 19.5. The predicted octanol–water partition coefficient (Wildman–Crippen LogP) is 3.35. The van der Waals surface area contributed by atoms with E-state index in [0.29, 0.717) is 5.69 Å². The summed E-state index contributed by atoms with van der Waals surface area (Å²) in [4.78, 5) is 12.3. The Morgan fingerprint density at radius 1 is 1.13 bits per heavy atom. The van der Waals surface area contributed by atoms with Crippen molar-refractivity contribution in [3.63, 3.8) is 0 Å². The van der Waals surface area contributed by atoms with Crippen LogP contribution >= 0.6 is 12.2 Å². The molecular formula is C21H18N6O2S. The van der Waals surface area contributed by atoms with Crippen molar-refractivity contribution in [3.8, 4) is 22.7 Å². The van der Waals surface area contributed by atoms with E-state index in [0.717, 1.165) is 27.2 Å². The van der Waals surface area contributed by atoms with Crippen molar-refractivity contribution in [2.75, 3.05) is 7.11 Å². The molecule has 30 heavy (non-hydrogen) atoms. The van der Waals surface area contributed by atoms with Crippen LogP contribution < -0.4 is 10.3 Å². The molecule has 0 amide bonds. The number of methoxy groups -OCH3 is 1. The minimum absolute atomic E-state index is 0.114. The minimum atomic E-state index is -0.378. The van der Waals surface area contributed by atoms with Gasteiger partial charge >= 0.3 is 0 Å². The van der Waals surface area contributed by atoms with Gasteiger partial charge in [0.05, 0.1) is 19.0 Å². The highest BCUT2D eigenvalue weighted by Crippen LogP contribution is 2.25. The number of hydrogen-bond donors (Lipinski definition) is 1. The molecule has 0 aliphatic rings. The fourth-order valence-electron chi connectivity index (χ4n) is 2.87. The van der Waals surface area contributed by atoms with E-state index in [4.69, 9.17) is 22.1 Å². The lowest BCUT2D eigenvalue weighted by molar-refractivity contribution is 0.415. The van der Waals surface area contributed by atoms with Gasteiger partial charge in [0.25, 0.3) is 5.56 Å². The molecule has 4 aromatic rings. The summed E-state index contributed by atoms with van der Waals surface area (Å²) in [5.41, 5.74) is 3.11. The molecule has 150 valence electrons. The molecule has 9 heteroatoms. The molecule has 0 spiro atoms. The van der Waals surface area contributed by atoms with Gasteiger partial charge in [0.2, 0.25) is 4.77 Å². The molecule has 0 unspecified atom stereocenters. The Kier molecular flexibility index (Phi) is 5.36. The molecule has 0 aliphatic carbocycles. The number of ether oxygens (including phenoxy) is 1. The summed E-state index contributed by atoms with van der Waals surface area (Å²) in [6.07, 6.45) is 3.42. The molecule has 0 saturated carbocycles. The molecule has 0 atom stereocenters. The van der Waals surface area contributed by atoms with Crippen molar-refractivity contribution >= 4 is 18.4 Å². The lowest BCUT2D eigenvalue weighted by Crippen LogP contribution is -2.22. The molecule has 0 bridgehead atoms. The van der Waals surface area contributed by atoms with E-state index < -0.39 is 0 Å². The minimum Gasteiger partial charge on any atom is -0.497 e. The van der Waals surface area contributed by atoms with Gasteiger partial charge in [-0.3, -0.25) is 9.89 Å². The summed E-state index contributed by atoms with van der Waals surface area (Å²) in [5.74, 6) is 0.751. The molecule has 0 aliphatic heterocycles. The Balaban J connectivity index is 1.83. The van der Waals surface area contributed by atoms with Gasteiger partial charge in [-0.2, -0.15) is 20.0 Å². The van der Waals surface area contributed by atoms with Crippen LogP contribution in [0.4, 0.5) is 0 Å². The first-order chi connectivity index (χ1) is 14.6. The number of aryl methyl sites for hydroxylation is 1. The fraction of sp³-hybridized carbons (Fsp3) is 0.0952. The van der Waals surface area contributed by atoms with Crippen molar-refractivity contribution in [3.05, 3.63) is 87.2 Å². The second-order valence-electron chi connectivity index (χ2n) is 6.42. The van der Waals surface area contributed by atoms with E-state index in [1.165, 1.54) is 0 Å². The summed E-state index contributed by atoms with van der Waals surface area (Å²) in [6.45, 7) is 1.59. The molecule has 2 aromatic carbocycles. The largest absolute Gasteiger partial charge is 0.497 e. The highest BCUT2D eigenvalue weighted by molar-refractivity contribution is 7.71. The lowest BCUT2D eigenvalue weighted by Gasteiger charge is -2.03. The van der Waals surface area contributed by atoms with Crippen LogP contribution in [0.1, 0.15) is 11.3 Å². The van der Waals surface area contributed by atoms with Crippen molar-refractivity contribution < 1.29 is 4.74 Å². The van der Waals surface area contributed by atoms with E-state index in [1.54, 1.807) is 24.9 Å². The Labute approximate surface area is 177 Å². The smallest absolute Gasteiger partial charge is 0.296 e. The number of rotatable bonds is 5. The topological polar surface area (TPSA) is 90.1 Å². The van der Waals surface area contributed by atoms with E-state index in [9.17, 15) is 4.79 Å². The van der Waals surface area contributed by atoms with Crippen LogP contribution in [0, 0.1) is 11.7 Å². The molecule has 1 N–H and O–H groups in total. The van der Waals surface area contributed by atoms with E-state index >= 15 is 0 Å².